The number of hydrogen-bond donors (Lipinski definition) is 1. The van der Waals surface area contributed by atoms with Gasteiger partial charge in [-0.05, 0) is 19.4 Å². The molecule has 0 aromatic heterocycles. The normalized spacial score (nSPS) is 23.8. The molecule has 1 atom stereocenters. The van der Waals surface area contributed by atoms with Gasteiger partial charge in [-0.15, -0.1) is 0 Å². The van der Waals surface area contributed by atoms with Crippen molar-refractivity contribution < 1.29 is 4.79 Å². The van der Waals surface area contributed by atoms with E-state index in [-0.39, 0.29) is 6.04 Å². The van der Waals surface area contributed by atoms with Gasteiger partial charge in [0.25, 0.3) is 0 Å². The van der Waals surface area contributed by atoms with Crippen molar-refractivity contribution >= 4 is 6.08 Å². The highest BCUT2D eigenvalue weighted by molar-refractivity contribution is 5.37. The number of rotatable bonds is 2. The molecule has 1 aliphatic heterocycles. The molecule has 0 spiro atoms. The van der Waals surface area contributed by atoms with Crippen LogP contribution >= 0.6 is 0 Å². The highest BCUT2D eigenvalue weighted by Crippen LogP contribution is 2.12. The first-order valence-corrected chi connectivity index (χ1v) is 3.34. The van der Waals surface area contributed by atoms with E-state index < -0.39 is 0 Å². The Hall–Kier alpha value is -0.920. The van der Waals surface area contributed by atoms with Crippen LogP contribution in [0.3, 0.4) is 0 Å². The summed E-state index contributed by atoms with van der Waals surface area (Å²) in [6.07, 6.45) is 3.65. The van der Waals surface area contributed by atoms with Crippen LogP contribution in [0.15, 0.2) is 17.3 Å². The number of carbonyl (C=O) groups excluding carboxylic acids is 1. The van der Waals surface area contributed by atoms with Gasteiger partial charge in [-0.2, -0.15) is 4.99 Å². The van der Waals surface area contributed by atoms with Crippen LogP contribution in [0.25, 0.3) is 0 Å². The molecule has 1 unspecified atom stereocenters. The fourth-order valence-electron chi connectivity index (χ4n) is 1.11. The molecular formula is C7H10N2O. The summed E-state index contributed by atoms with van der Waals surface area (Å²) in [5, 5.41) is 3.17. The average molecular weight is 138 g/mol. The zero-order valence-electron chi connectivity index (χ0n) is 5.76. The monoisotopic (exact) mass is 138 g/mol. The van der Waals surface area contributed by atoms with Crippen LogP contribution in [0.4, 0.5) is 0 Å². The molecule has 1 rings (SSSR count). The van der Waals surface area contributed by atoms with Crippen molar-refractivity contribution in [2.45, 2.75) is 18.9 Å². The second kappa shape index (κ2) is 3.30. The van der Waals surface area contributed by atoms with Crippen LogP contribution in [0.5, 0.6) is 0 Å². The number of isocyanates is 1. The van der Waals surface area contributed by atoms with Gasteiger partial charge in [0.1, 0.15) is 0 Å². The third-order valence-corrected chi connectivity index (χ3v) is 1.65. The van der Waals surface area contributed by atoms with Gasteiger partial charge in [-0.3, -0.25) is 0 Å². The molecule has 0 amide bonds. The fraction of sp³-hybridized carbons (Fsp3) is 0.571. The lowest BCUT2D eigenvalue weighted by Gasteiger charge is -2.05. The van der Waals surface area contributed by atoms with E-state index in [2.05, 4.69) is 16.9 Å². The van der Waals surface area contributed by atoms with Gasteiger partial charge >= 0.3 is 0 Å². The Morgan fingerprint density at radius 2 is 2.60 bits per heavy atom. The second-order valence-electron chi connectivity index (χ2n) is 2.34. The Balaban J connectivity index is 2.47. The van der Waals surface area contributed by atoms with Crippen molar-refractivity contribution in [1.82, 2.24) is 5.32 Å². The molecule has 3 heteroatoms. The second-order valence-corrected chi connectivity index (χ2v) is 2.34. The molecule has 1 fully saturated rings. The van der Waals surface area contributed by atoms with Crippen molar-refractivity contribution in [1.29, 1.82) is 0 Å². The Labute approximate surface area is 59.8 Å². The van der Waals surface area contributed by atoms with Gasteiger partial charge < -0.3 is 5.32 Å². The minimum Gasteiger partial charge on any atom is -0.309 e. The summed E-state index contributed by atoms with van der Waals surface area (Å²) in [6.45, 7) is 4.63. The topological polar surface area (TPSA) is 41.5 Å². The van der Waals surface area contributed by atoms with E-state index in [9.17, 15) is 4.79 Å². The molecule has 0 aliphatic carbocycles. The first kappa shape index (κ1) is 7.19. The SMILES string of the molecule is C=C(N=C=O)C1CCCN1. The molecule has 1 saturated heterocycles. The van der Waals surface area contributed by atoms with E-state index in [1.807, 2.05) is 0 Å². The van der Waals surface area contributed by atoms with Crippen molar-refractivity contribution in [3.8, 4) is 0 Å². The molecule has 1 heterocycles. The summed E-state index contributed by atoms with van der Waals surface area (Å²) in [5.41, 5.74) is 0.604. The van der Waals surface area contributed by atoms with E-state index in [1.165, 1.54) is 6.08 Å². The van der Waals surface area contributed by atoms with Gasteiger partial charge in [0, 0.05) is 6.04 Å². The average Bonchev–Trinajstić information content (AvgIpc) is 2.38. The summed E-state index contributed by atoms with van der Waals surface area (Å²) >= 11 is 0. The van der Waals surface area contributed by atoms with E-state index in [0.29, 0.717) is 5.70 Å². The molecule has 54 valence electrons. The Bertz CT molecular complexity index is 176. The molecule has 3 nitrogen and oxygen atoms in total. The molecule has 1 N–H and O–H groups in total. The largest absolute Gasteiger partial charge is 0.309 e. The highest BCUT2D eigenvalue weighted by atomic mass is 16.1. The molecule has 0 aromatic carbocycles. The maximum Gasteiger partial charge on any atom is 0.240 e. The summed E-state index contributed by atoms with van der Waals surface area (Å²) in [7, 11) is 0. The minimum absolute atomic E-state index is 0.210. The third kappa shape index (κ3) is 1.53. The lowest BCUT2D eigenvalue weighted by Crippen LogP contribution is -2.22. The van der Waals surface area contributed by atoms with Crippen LogP contribution in [-0.4, -0.2) is 18.7 Å². The number of nitrogens with zero attached hydrogens (tertiary/aromatic N) is 1. The predicted octanol–water partition coefficient (Wildman–Crippen LogP) is 0.588. The lowest BCUT2D eigenvalue weighted by molar-refractivity contribution is 0.562. The van der Waals surface area contributed by atoms with Gasteiger partial charge in [0.05, 0.1) is 5.70 Å². The van der Waals surface area contributed by atoms with Crippen molar-refractivity contribution in [2.75, 3.05) is 6.54 Å². The summed E-state index contributed by atoms with van der Waals surface area (Å²) in [4.78, 5) is 13.2. The maximum atomic E-state index is 9.79. The molecule has 0 aromatic rings. The fourth-order valence-corrected chi connectivity index (χ4v) is 1.11. The lowest BCUT2D eigenvalue weighted by atomic mass is 10.2. The molecular weight excluding hydrogens is 128 g/mol. The van der Waals surface area contributed by atoms with Crippen LogP contribution in [0, 0.1) is 0 Å². The van der Waals surface area contributed by atoms with Gasteiger partial charge in [-0.25, -0.2) is 4.79 Å². The van der Waals surface area contributed by atoms with Crippen molar-refractivity contribution in [2.24, 2.45) is 4.99 Å². The summed E-state index contributed by atoms with van der Waals surface area (Å²) in [5.74, 6) is 0. The van der Waals surface area contributed by atoms with Crippen molar-refractivity contribution in [3.05, 3.63) is 12.3 Å². The predicted molar refractivity (Wildman–Crippen MR) is 38.3 cm³/mol. The smallest absolute Gasteiger partial charge is 0.240 e. The summed E-state index contributed by atoms with van der Waals surface area (Å²) < 4.78 is 0. The molecule has 0 radical (unpaired) electrons. The van der Waals surface area contributed by atoms with E-state index in [0.717, 1.165) is 19.4 Å². The Morgan fingerprint density at radius 1 is 1.80 bits per heavy atom. The molecule has 0 bridgehead atoms. The zero-order chi connectivity index (χ0) is 7.40. The first-order valence-electron chi connectivity index (χ1n) is 3.34. The zero-order valence-corrected chi connectivity index (χ0v) is 5.76. The molecule has 10 heavy (non-hydrogen) atoms. The van der Waals surface area contributed by atoms with Crippen LogP contribution in [-0.2, 0) is 4.79 Å². The van der Waals surface area contributed by atoms with E-state index >= 15 is 0 Å². The van der Waals surface area contributed by atoms with Gasteiger partial charge in [0.15, 0.2) is 0 Å². The molecule has 1 aliphatic rings. The Kier molecular flexibility index (Phi) is 2.37. The van der Waals surface area contributed by atoms with E-state index in [4.69, 9.17) is 0 Å². The minimum atomic E-state index is 0.210. The van der Waals surface area contributed by atoms with E-state index in [1.54, 1.807) is 0 Å². The maximum absolute atomic E-state index is 9.79. The third-order valence-electron chi connectivity index (χ3n) is 1.65. The van der Waals surface area contributed by atoms with Gasteiger partial charge in [0.2, 0.25) is 6.08 Å². The number of nitrogens with one attached hydrogen (secondary N) is 1. The van der Waals surface area contributed by atoms with Crippen LogP contribution in [0.1, 0.15) is 12.8 Å². The quantitative estimate of drug-likeness (QED) is 0.448. The highest BCUT2D eigenvalue weighted by Gasteiger charge is 2.16. The first-order chi connectivity index (χ1) is 4.84. The Morgan fingerprint density at radius 3 is 3.10 bits per heavy atom. The van der Waals surface area contributed by atoms with Crippen LogP contribution in [0.2, 0.25) is 0 Å². The number of aliphatic imine (C=N–C) groups is 1. The molecule has 0 saturated carbocycles. The number of hydrogen-bond acceptors (Lipinski definition) is 3. The van der Waals surface area contributed by atoms with Crippen molar-refractivity contribution in [3.63, 3.8) is 0 Å². The van der Waals surface area contributed by atoms with Crippen LogP contribution < -0.4 is 5.32 Å². The standard InChI is InChI=1S/C7H10N2O/c1-6(9-5-10)7-3-2-4-8-7/h7-8H,1-4H2. The van der Waals surface area contributed by atoms with Gasteiger partial charge in [-0.1, -0.05) is 6.58 Å². The summed E-state index contributed by atoms with van der Waals surface area (Å²) in [6, 6.07) is 0.210.